The molecule has 0 aromatic carbocycles. The maximum Gasteiger partial charge on any atom is 0.416 e. The van der Waals surface area contributed by atoms with Gasteiger partial charge in [-0.25, -0.2) is 14.4 Å². The van der Waals surface area contributed by atoms with Crippen LogP contribution in [0.1, 0.15) is 5.56 Å². The van der Waals surface area contributed by atoms with E-state index in [9.17, 15) is 17.6 Å². The van der Waals surface area contributed by atoms with Crippen molar-refractivity contribution < 1.29 is 17.6 Å². The van der Waals surface area contributed by atoms with Gasteiger partial charge in [-0.2, -0.15) is 13.2 Å². The number of anilines is 1. The number of fused-ring (bicyclic) bond motifs is 1. The van der Waals surface area contributed by atoms with Gasteiger partial charge in [0.05, 0.1) is 17.5 Å². The molecule has 0 spiro atoms. The first kappa shape index (κ1) is 14.3. The van der Waals surface area contributed by atoms with E-state index in [-0.39, 0.29) is 11.5 Å². The number of H-pyrrole nitrogens is 1. The lowest BCUT2D eigenvalue weighted by molar-refractivity contribution is -0.137. The number of alkyl halides is 3. The van der Waals surface area contributed by atoms with Crippen LogP contribution in [0.15, 0.2) is 30.6 Å². The molecule has 114 valence electrons. The van der Waals surface area contributed by atoms with Crippen LogP contribution in [0, 0.1) is 5.82 Å². The van der Waals surface area contributed by atoms with Gasteiger partial charge in [0.15, 0.2) is 0 Å². The van der Waals surface area contributed by atoms with Crippen LogP contribution in [0.3, 0.4) is 0 Å². The van der Waals surface area contributed by atoms with Crippen LogP contribution < -0.4 is 5.32 Å². The predicted octanol–water partition coefficient (Wildman–Crippen LogP) is 3.82. The minimum absolute atomic E-state index is 0.0727. The molecule has 0 atom stereocenters. The minimum atomic E-state index is -4.50. The lowest BCUT2D eigenvalue weighted by atomic mass is 10.1. The number of nitrogens with zero attached hydrogens (tertiary/aromatic N) is 2. The smallest absolute Gasteiger partial charge is 0.373 e. The Hall–Kier alpha value is -2.64. The third-order valence-electron chi connectivity index (χ3n) is 3.18. The van der Waals surface area contributed by atoms with Gasteiger partial charge in [-0.05, 0) is 18.2 Å². The van der Waals surface area contributed by atoms with Crippen LogP contribution in [0.4, 0.5) is 23.4 Å². The molecule has 4 nitrogen and oxygen atoms in total. The molecule has 22 heavy (non-hydrogen) atoms. The lowest BCUT2D eigenvalue weighted by Crippen LogP contribution is -2.07. The maximum atomic E-state index is 13.3. The van der Waals surface area contributed by atoms with Crippen molar-refractivity contribution in [2.24, 2.45) is 0 Å². The van der Waals surface area contributed by atoms with Crippen molar-refractivity contribution >= 4 is 16.9 Å². The third-order valence-corrected chi connectivity index (χ3v) is 3.18. The fraction of sp³-hybridized carbons (Fsp3) is 0.143. The Balaban J connectivity index is 2.23. The van der Waals surface area contributed by atoms with Gasteiger partial charge in [0, 0.05) is 24.2 Å². The van der Waals surface area contributed by atoms with Gasteiger partial charge in [-0.1, -0.05) is 0 Å². The SMILES string of the molecule is CNc1cc(C(F)(F)F)cc(-c2c[nH]c3ncc(F)cc23)n1. The quantitative estimate of drug-likeness (QED) is 0.707. The molecule has 0 amide bonds. The highest BCUT2D eigenvalue weighted by Crippen LogP contribution is 2.35. The number of aromatic amines is 1. The van der Waals surface area contributed by atoms with Crippen molar-refractivity contribution in [2.45, 2.75) is 6.18 Å². The molecule has 0 unspecified atom stereocenters. The van der Waals surface area contributed by atoms with E-state index >= 15 is 0 Å². The first-order valence-electron chi connectivity index (χ1n) is 6.28. The minimum Gasteiger partial charge on any atom is -0.373 e. The van der Waals surface area contributed by atoms with Crippen LogP contribution >= 0.6 is 0 Å². The fourth-order valence-electron chi connectivity index (χ4n) is 2.15. The molecular formula is C14H10F4N4. The zero-order chi connectivity index (χ0) is 15.9. The molecule has 0 bridgehead atoms. The largest absolute Gasteiger partial charge is 0.416 e. The Kier molecular flexibility index (Phi) is 3.23. The summed E-state index contributed by atoms with van der Waals surface area (Å²) in [6, 6.07) is 3.04. The van der Waals surface area contributed by atoms with E-state index in [1.807, 2.05) is 0 Å². The number of hydrogen-bond acceptors (Lipinski definition) is 3. The zero-order valence-electron chi connectivity index (χ0n) is 11.3. The first-order chi connectivity index (χ1) is 10.4. The summed E-state index contributed by atoms with van der Waals surface area (Å²) < 4.78 is 52.2. The van der Waals surface area contributed by atoms with Crippen LogP contribution in [0.5, 0.6) is 0 Å². The molecule has 0 saturated heterocycles. The second-order valence-electron chi connectivity index (χ2n) is 4.63. The number of pyridine rings is 2. The van der Waals surface area contributed by atoms with Gasteiger partial charge in [0.1, 0.15) is 17.3 Å². The van der Waals surface area contributed by atoms with Crippen LogP contribution in [-0.4, -0.2) is 22.0 Å². The standard InChI is InChI=1S/C14H10F4N4/c1-19-12-3-7(14(16,17)18)2-11(22-12)10-6-21-13-9(10)4-8(15)5-20-13/h2-6H,1H3,(H,19,22)(H,20,21). The first-order valence-corrected chi connectivity index (χ1v) is 6.28. The Morgan fingerprint density at radius 1 is 1.18 bits per heavy atom. The average molecular weight is 310 g/mol. The van der Waals surface area contributed by atoms with Crippen LogP contribution in [0.2, 0.25) is 0 Å². The Bertz CT molecular complexity index is 838. The summed E-state index contributed by atoms with van der Waals surface area (Å²) in [5.74, 6) is -0.502. The number of rotatable bonds is 2. The second-order valence-corrected chi connectivity index (χ2v) is 4.63. The Morgan fingerprint density at radius 2 is 1.95 bits per heavy atom. The molecular weight excluding hydrogens is 300 g/mol. The van der Waals surface area contributed by atoms with E-state index in [0.717, 1.165) is 18.3 Å². The fourth-order valence-corrected chi connectivity index (χ4v) is 2.15. The summed E-state index contributed by atoms with van der Waals surface area (Å²) in [5, 5.41) is 2.96. The van der Waals surface area contributed by atoms with Gasteiger partial charge in [0.2, 0.25) is 0 Å². The normalized spacial score (nSPS) is 11.9. The summed E-state index contributed by atoms with van der Waals surface area (Å²) in [6.45, 7) is 0. The molecule has 0 aliphatic heterocycles. The summed E-state index contributed by atoms with van der Waals surface area (Å²) >= 11 is 0. The summed E-state index contributed by atoms with van der Waals surface area (Å²) in [6.07, 6.45) is -2.01. The third kappa shape index (κ3) is 2.47. The molecule has 0 aliphatic carbocycles. The zero-order valence-corrected chi connectivity index (χ0v) is 11.3. The molecule has 3 heterocycles. The van der Waals surface area contributed by atoms with E-state index in [0.29, 0.717) is 16.6 Å². The van der Waals surface area contributed by atoms with Crippen molar-refractivity contribution in [1.29, 1.82) is 0 Å². The molecule has 0 fully saturated rings. The van der Waals surface area contributed by atoms with E-state index in [4.69, 9.17) is 0 Å². The molecule has 3 aromatic heterocycles. The summed E-state index contributed by atoms with van der Waals surface area (Å²) in [7, 11) is 1.47. The Labute approximate surface area is 122 Å². The highest BCUT2D eigenvalue weighted by Gasteiger charge is 2.32. The lowest BCUT2D eigenvalue weighted by Gasteiger charge is -2.11. The van der Waals surface area contributed by atoms with Gasteiger partial charge < -0.3 is 10.3 Å². The van der Waals surface area contributed by atoms with E-state index in [2.05, 4.69) is 20.3 Å². The van der Waals surface area contributed by atoms with E-state index in [1.165, 1.54) is 19.3 Å². The topological polar surface area (TPSA) is 53.6 Å². The number of halogens is 4. The highest BCUT2D eigenvalue weighted by molar-refractivity contribution is 5.92. The average Bonchev–Trinajstić information content (AvgIpc) is 2.88. The van der Waals surface area contributed by atoms with Gasteiger partial charge in [-0.15, -0.1) is 0 Å². The highest BCUT2D eigenvalue weighted by atomic mass is 19.4. The predicted molar refractivity (Wildman–Crippen MR) is 73.8 cm³/mol. The Morgan fingerprint density at radius 3 is 2.64 bits per heavy atom. The van der Waals surface area contributed by atoms with E-state index < -0.39 is 17.6 Å². The van der Waals surface area contributed by atoms with E-state index in [1.54, 1.807) is 0 Å². The molecule has 3 rings (SSSR count). The monoisotopic (exact) mass is 310 g/mol. The van der Waals surface area contributed by atoms with Crippen LogP contribution in [-0.2, 0) is 6.18 Å². The van der Waals surface area contributed by atoms with Gasteiger partial charge >= 0.3 is 6.18 Å². The summed E-state index contributed by atoms with van der Waals surface area (Å²) in [5.41, 5.74) is -0.0235. The van der Waals surface area contributed by atoms with Gasteiger partial charge in [0.25, 0.3) is 0 Å². The second kappa shape index (κ2) is 4.97. The molecule has 3 aromatic rings. The van der Waals surface area contributed by atoms with Crippen molar-refractivity contribution in [1.82, 2.24) is 15.0 Å². The number of aromatic nitrogens is 3. The van der Waals surface area contributed by atoms with Crippen molar-refractivity contribution in [2.75, 3.05) is 12.4 Å². The van der Waals surface area contributed by atoms with Crippen LogP contribution in [0.25, 0.3) is 22.3 Å². The molecule has 0 radical (unpaired) electrons. The van der Waals surface area contributed by atoms with Crippen molar-refractivity contribution in [3.05, 3.63) is 42.0 Å². The van der Waals surface area contributed by atoms with Crippen molar-refractivity contribution in [3.8, 4) is 11.3 Å². The molecule has 2 N–H and O–H groups in total. The maximum absolute atomic E-state index is 13.3. The molecule has 8 heteroatoms. The molecule has 0 aliphatic rings. The number of nitrogens with one attached hydrogen (secondary N) is 2. The molecule has 0 saturated carbocycles. The number of hydrogen-bond donors (Lipinski definition) is 2. The summed E-state index contributed by atoms with van der Waals surface area (Å²) in [4.78, 5) is 10.7. The van der Waals surface area contributed by atoms with Crippen molar-refractivity contribution in [3.63, 3.8) is 0 Å². The van der Waals surface area contributed by atoms with Gasteiger partial charge in [-0.3, -0.25) is 0 Å².